The molecule has 3 N–H and O–H groups in total. The molecule has 0 bridgehead atoms. The molecule has 0 heterocycles. The maximum absolute atomic E-state index is 13.5. The summed E-state index contributed by atoms with van der Waals surface area (Å²) in [7, 11) is 0. The highest BCUT2D eigenvalue weighted by atomic mass is 35.5. The van der Waals surface area contributed by atoms with E-state index in [1.807, 2.05) is 6.92 Å². The van der Waals surface area contributed by atoms with Crippen molar-refractivity contribution < 1.29 is 9.18 Å². The first kappa shape index (κ1) is 13.4. The Balaban J connectivity index is 2.25. The fraction of sp³-hybridized carbons (Fsp3) is 0.0714. The van der Waals surface area contributed by atoms with Crippen LogP contribution >= 0.6 is 11.6 Å². The summed E-state index contributed by atoms with van der Waals surface area (Å²) in [5, 5.41) is 3.11. The average Bonchev–Trinajstić information content (AvgIpc) is 2.36. The van der Waals surface area contributed by atoms with E-state index in [9.17, 15) is 9.18 Å². The molecule has 1 amide bonds. The van der Waals surface area contributed by atoms with Crippen molar-refractivity contribution in [2.75, 3.05) is 11.1 Å². The smallest absolute Gasteiger partial charge is 0.258 e. The fourth-order valence-corrected chi connectivity index (χ4v) is 1.77. The second kappa shape index (κ2) is 5.28. The van der Waals surface area contributed by atoms with E-state index in [1.54, 1.807) is 18.2 Å². The molecule has 2 aromatic carbocycles. The van der Waals surface area contributed by atoms with E-state index in [0.717, 1.165) is 11.6 Å². The molecule has 0 saturated carbocycles. The number of nitrogen functional groups attached to an aromatic ring is 1. The van der Waals surface area contributed by atoms with Crippen LogP contribution in [0.5, 0.6) is 0 Å². The highest BCUT2D eigenvalue weighted by molar-refractivity contribution is 6.31. The summed E-state index contributed by atoms with van der Waals surface area (Å²) in [6.07, 6.45) is 0. The maximum atomic E-state index is 13.5. The SMILES string of the molecule is Cc1ccc(NC(=O)c2cc(N)ccc2F)cc1Cl. The molecule has 0 radical (unpaired) electrons. The molecule has 0 fully saturated rings. The first-order valence-corrected chi connectivity index (χ1v) is 5.97. The highest BCUT2D eigenvalue weighted by Crippen LogP contribution is 2.21. The van der Waals surface area contributed by atoms with Crippen molar-refractivity contribution in [1.29, 1.82) is 0 Å². The Kier molecular flexibility index (Phi) is 3.71. The van der Waals surface area contributed by atoms with E-state index in [-0.39, 0.29) is 5.56 Å². The monoisotopic (exact) mass is 278 g/mol. The van der Waals surface area contributed by atoms with Crippen LogP contribution in [0.3, 0.4) is 0 Å². The molecule has 2 rings (SSSR count). The minimum atomic E-state index is -0.620. The van der Waals surface area contributed by atoms with Gasteiger partial charge in [-0.1, -0.05) is 17.7 Å². The number of amides is 1. The molecular weight excluding hydrogens is 267 g/mol. The van der Waals surface area contributed by atoms with Crippen LogP contribution in [-0.4, -0.2) is 5.91 Å². The molecule has 0 aromatic heterocycles. The van der Waals surface area contributed by atoms with Gasteiger partial charge in [0.05, 0.1) is 5.56 Å². The van der Waals surface area contributed by atoms with Crippen molar-refractivity contribution in [1.82, 2.24) is 0 Å². The van der Waals surface area contributed by atoms with E-state index in [2.05, 4.69) is 5.32 Å². The van der Waals surface area contributed by atoms with Gasteiger partial charge in [-0.05, 0) is 42.8 Å². The van der Waals surface area contributed by atoms with Crippen LogP contribution in [0.15, 0.2) is 36.4 Å². The Hall–Kier alpha value is -2.07. The summed E-state index contributed by atoms with van der Waals surface area (Å²) in [6, 6.07) is 8.93. The molecule has 98 valence electrons. The molecule has 19 heavy (non-hydrogen) atoms. The second-order valence-electron chi connectivity index (χ2n) is 4.16. The van der Waals surface area contributed by atoms with Gasteiger partial charge in [0, 0.05) is 16.4 Å². The first-order valence-electron chi connectivity index (χ1n) is 5.60. The molecule has 0 atom stereocenters. The van der Waals surface area contributed by atoms with Crippen LogP contribution in [0.25, 0.3) is 0 Å². The molecule has 0 spiro atoms. The molecule has 5 heteroatoms. The van der Waals surface area contributed by atoms with Gasteiger partial charge in [0.2, 0.25) is 0 Å². The minimum Gasteiger partial charge on any atom is -0.399 e. The summed E-state index contributed by atoms with van der Waals surface area (Å²) in [5.74, 6) is -1.19. The predicted octanol–water partition coefficient (Wildman–Crippen LogP) is 3.62. The Labute approximate surface area is 115 Å². The van der Waals surface area contributed by atoms with Gasteiger partial charge in [0.25, 0.3) is 5.91 Å². The zero-order chi connectivity index (χ0) is 14.0. The number of rotatable bonds is 2. The van der Waals surface area contributed by atoms with Crippen molar-refractivity contribution in [2.24, 2.45) is 0 Å². The van der Waals surface area contributed by atoms with Crippen molar-refractivity contribution in [2.45, 2.75) is 6.92 Å². The third-order valence-electron chi connectivity index (χ3n) is 2.66. The lowest BCUT2D eigenvalue weighted by atomic mass is 10.1. The lowest BCUT2D eigenvalue weighted by molar-refractivity contribution is 0.102. The number of benzene rings is 2. The third-order valence-corrected chi connectivity index (χ3v) is 3.07. The zero-order valence-electron chi connectivity index (χ0n) is 10.2. The number of nitrogens with two attached hydrogens (primary N) is 1. The quantitative estimate of drug-likeness (QED) is 0.824. The number of aryl methyl sites for hydroxylation is 1. The molecule has 0 saturated heterocycles. The predicted molar refractivity (Wildman–Crippen MR) is 75.0 cm³/mol. The Morgan fingerprint density at radius 2 is 2.00 bits per heavy atom. The average molecular weight is 279 g/mol. The number of nitrogens with one attached hydrogen (secondary N) is 1. The normalized spacial score (nSPS) is 10.3. The first-order chi connectivity index (χ1) is 8.97. The summed E-state index contributed by atoms with van der Waals surface area (Å²) in [6.45, 7) is 1.85. The van der Waals surface area contributed by atoms with E-state index in [0.29, 0.717) is 16.4 Å². The summed E-state index contributed by atoms with van der Waals surface area (Å²) in [4.78, 5) is 11.9. The zero-order valence-corrected chi connectivity index (χ0v) is 11.0. The summed E-state index contributed by atoms with van der Waals surface area (Å²) >= 11 is 5.95. The highest BCUT2D eigenvalue weighted by Gasteiger charge is 2.12. The summed E-state index contributed by atoms with van der Waals surface area (Å²) in [5.41, 5.74) is 7.16. The van der Waals surface area contributed by atoms with Crippen molar-refractivity contribution in [3.05, 3.63) is 58.4 Å². The van der Waals surface area contributed by atoms with Gasteiger partial charge in [-0.15, -0.1) is 0 Å². The van der Waals surface area contributed by atoms with E-state index in [1.165, 1.54) is 12.1 Å². The number of halogens is 2. The number of carbonyl (C=O) groups is 1. The molecule has 0 aliphatic heterocycles. The van der Waals surface area contributed by atoms with Crippen LogP contribution in [0.4, 0.5) is 15.8 Å². The largest absolute Gasteiger partial charge is 0.399 e. The van der Waals surface area contributed by atoms with Gasteiger partial charge in [0.15, 0.2) is 0 Å². The van der Waals surface area contributed by atoms with Crippen LogP contribution < -0.4 is 11.1 Å². The van der Waals surface area contributed by atoms with Gasteiger partial charge >= 0.3 is 0 Å². The van der Waals surface area contributed by atoms with Gasteiger partial charge in [-0.2, -0.15) is 0 Å². The number of hydrogen-bond donors (Lipinski definition) is 2. The van der Waals surface area contributed by atoms with E-state index < -0.39 is 11.7 Å². The fourth-order valence-electron chi connectivity index (χ4n) is 1.59. The standard InChI is InChI=1S/C14H12ClFN2O/c1-8-2-4-10(7-12(8)15)18-14(19)11-6-9(17)3-5-13(11)16/h2-7H,17H2,1H3,(H,18,19). The van der Waals surface area contributed by atoms with Gasteiger partial charge < -0.3 is 11.1 Å². The van der Waals surface area contributed by atoms with Crippen molar-refractivity contribution in [3.8, 4) is 0 Å². The lowest BCUT2D eigenvalue weighted by Crippen LogP contribution is -2.14. The maximum Gasteiger partial charge on any atom is 0.258 e. The van der Waals surface area contributed by atoms with Gasteiger partial charge in [0.1, 0.15) is 5.82 Å². The van der Waals surface area contributed by atoms with Crippen molar-refractivity contribution in [3.63, 3.8) is 0 Å². The Bertz CT molecular complexity index is 643. The van der Waals surface area contributed by atoms with Gasteiger partial charge in [-0.25, -0.2) is 4.39 Å². The molecule has 0 unspecified atom stereocenters. The van der Waals surface area contributed by atoms with Crippen LogP contribution in [0, 0.1) is 12.7 Å². The Morgan fingerprint density at radius 3 is 2.68 bits per heavy atom. The number of carbonyl (C=O) groups excluding carboxylic acids is 1. The minimum absolute atomic E-state index is 0.100. The van der Waals surface area contributed by atoms with Crippen LogP contribution in [-0.2, 0) is 0 Å². The molecular formula is C14H12ClFN2O. The molecule has 0 aliphatic carbocycles. The lowest BCUT2D eigenvalue weighted by Gasteiger charge is -2.08. The Morgan fingerprint density at radius 1 is 1.26 bits per heavy atom. The molecule has 2 aromatic rings. The van der Waals surface area contributed by atoms with E-state index in [4.69, 9.17) is 17.3 Å². The number of hydrogen-bond acceptors (Lipinski definition) is 2. The summed E-state index contributed by atoms with van der Waals surface area (Å²) < 4.78 is 13.5. The third kappa shape index (κ3) is 3.03. The number of anilines is 2. The van der Waals surface area contributed by atoms with Crippen molar-refractivity contribution >= 4 is 28.9 Å². The van der Waals surface area contributed by atoms with Crippen LogP contribution in [0.1, 0.15) is 15.9 Å². The second-order valence-corrected chi connectivity index (χ2v) is 4.56. The van der Waals surface area contributed by atoms with Crippen LogP contribution in [0.2, 0.25) is 5.02 Å². The topological polar surface area (TPSA) is 55.1 Å². The van der Waals surface area contributed by atoms with Gasteiger partial charge in [-0.3, -0.25) is 4.79 Å². The van der Waals surface area contributed by atoms with E-state index >= 15 is 0 Å². The molecule has 0 aliphatic rings. The molecule has 3 nitrogen and oxygen atoms in total.